The molecule has 0 bridgehead atoms. The molecule has 0 aromatic carbocycles. The SMILES string of the molecule is CCNC(=NCCCOCC)N1CCN(S(=O)(=O)CCOC(C)C)CC1.I. The third kappa shape index (κ3) is 10.8. The maximum Gasteiger partial charge on any atom is 0.216 e. The topological polar surface area (TPSA) is 83.5 Å². The molecule has 1 aliphatic rings. The second kappa shape index (κ2) is 14.8. The molecule has 8 nitrogen and oxygen atoms in total. The summed E-state index contributed by atoms with van der Waals surface area (Å²) in [4.78, 5) is 6.75. The summed E-state index contributed by atoms with van der Waals surface area (Å²) in [5.41, 5.74) is 0. The molecule has 162 valence electrons. The fourth-order valence-corrected chi connectivity index (χ4v) is 3.90. The van der Waals surface area contributed by atoms with Crippen molar-refractivity contribution in [1.82, 2.24) is 14.5 Å². The number of nitrogens with zero attached hydrogens (tertiary/aromatic N) is 3. The summed E-state index contributed by atoms with van der Waals surface area (Å²) in [6.07, 6.45) is 0.927. The van der Waals surface area contributed by atoms with Gasteiger partial charge in [0.2, 0.25) is 10.0 Å². The highest BCUT2D eigenvalue weighted by Crippen LogP contribution is 2.09. The first-order valence-corrected chi connectivity index (χ1v) is 11.2. The maximum atomic E-state index is 12.4. The van der Waals surface area contributed by atoms with Crippen LogP contribution in [0.4, 0.5) is 0 Å². The Morgan fingerprint density at radius 2 is 1.81 bits per heavy atom. The number of ether oxygens (including phenoxy) is 2. The second-order valence-electron chi connectivity index (χ2n) is 6.41. The highest BCUT2D eigenvalue weighted by molar-refractivity contribution is 14.0. The standard InChI is InChI=1S/C17H36N4O4S.HI/c1-5-18-17(19-8-7-13-24-6-2)20-9-11-21(12-10-20)26(22,23)15-14-25-16(3)4;/h16H,5-15H2,1-4H3,(H,18,19);1H. The molecule has 1 aliphatic heterocycles. The van der Waals surface area contributed by atoms with E-state index in [1.54, 1.807) is 4.31 Å². The molecule has 0 aromatic heterocycles. The Morgan fingerprint density at radius 3 is 2.37 bits per heavy atom. The van der Waals surface area contributed by atoms with Gasteiger partial charge in [-0.25, -0.2) is 8.42 Å². The van der Waals surface area contributed by atoms with Crippen LogP contribution in [0.5, 0.6) is 0 Å². The van der Waals surface area contributed by atoms with Gasteiger partial charge in [0.1, 0.15) is 0 Å². The van der Waals surface area contributed by atoms with Crippen molar-refractivity contribution in [2.24, 2.45) is 4.99 Å². The van der Waals surface area contributed by atoms with E-state index in [1.165, 1.54) is 0 Å². The number of aliphatic imine (C=N–C) groups is 1. The lowest BCUT2D eigenvalue weighted by Gasteiger charge is -2.36. The maximum absolute atomic E-state index is 12.4. The number of hydrogen-bond acceptors (Lipinski definition) is 5. The van der Waals surface area contributed by atoms with Crippen molar-refractivity contribution in [3.05, 3.63) is 0 Å². The Balaban J connectivity index is 0.00000676. The quantitative estimate of drug-likeness (QED) is 0.192. The van der Waals surface area contributed by atoms with Crippen molar-refractivity contribution in [1.29, 1.82) is 0 Å². The Bertz CT molecular complexity index is 509. The summed E-state index contributed by atoms with van der Waals surface area (Å²) in [6.45, 7) is 13.2. The molecule has 0 aromatic rings. The lowest BCUT2D eigenvalue weighted by atomic mass is 10.4. The van der Waals surface area contributed by atoms with Crippen LogP contribution in [0.2, 0.25) is 0 Å². The third-order valence-electron chi connectivity index (χ3n) is 3.97. The fraction of sp³-hybridized carbons (Fsp3) is 0.941. The smallest absolute Gasteiger partial charge is 0.216 e. The van der Waals surface area contributed by atoms with Gasteiger partial charge in [-0.2, -0.15) is 4.31 Å². The Morgan fingerprint density at radius 1 is 1.15 bits per heavy atom. The van der Waals surface area contributed by atoms with Gasteiger partial charge in [0.25, 0.3) is 0 Å². The largest absolute Gasteiger partial charge is 0.382 e. The van der Waals surface area contributed by atoms with Crippen LogP contribution in [0.1, 0.15) is 34.1 Å². The first kappa shape index (κ1) is 26.8. The molecule has 1 saturated heterocycles. The molecule has 1 fully saturated rings. The zero-order chi connectivity index (χ0) is 19.4. The molecule has 0 unspecified atom stereocenters. The van der Waals surface area contributed by atoms with Crippen LogP contribution in [0, 0.1) is 0 Å². The zero-order valence-corrected chi connectivity index (χ0v) is 20.3. The second-order valence-corrected chi connectivity index (χ2v) is 8.50. The zero-order valence-electron chi connectivity index (χ0n) is 17.1. The van der Waals surface area contributed by atoms with Gasteiger partial charge in [-0.1, -0.05) is 0 Å². The number of piperazine rings is 1. The van der Waals surface area contributed by atoms with Gasteiger partial charge in [0.15, 0.2) is 5.96 Å². The lowest BCUT2D eigenvalue weighted by Crippen LogP contribution is -2.54. The summed E-state index contributed by atoms with van der Waals surface area (Å²) >= 11 is 0. The van der Waals surface area contributed by atoms with E-state index in [4.69, 9.17) is 9.47 Å². The van der Waals surface area contributed by atoms with Crippen LogP contribution in [-0.4, -0.2) is 94.5 Å². The van der Waals surface area contributed by atoms with E-state index in [0.717, 1.165) is 25.5 Å². The van der Waals surface area contributed by atoms with Gasteiger partial charge in [0.05, 0.1) is 18.5 Å². The Labute approximate surface area is 182 Å². The first-order valence-electron chi connectivity index (χ1n) is 9.61. The van der Waals surface area contributed by atoms with Gasteiger partial charge in [-0.05, 0) is 34.1 Å². The molecule has 0 saturated carbocycles. The van der Waals surface area contributed by atoms with Crippen LogP contribution in [-0.2, 0) is 19.5 Å². The van der Waals surface area contributed by atoms with Gasteiger partial charge < -0.3 is 19.7 Å². The molecule has 1 heterocycles. The van der Waals surface area contributed by atoms with Gasteiger partial charge >= 0.3 is 0 Å². The lowest BCUT2D eigenvalue weighted by molar-refractivity contribution is 0.0904. The van der Waals surface area contributed by atoms with Crippen LogP contribution in [0.3, 0.4) is 0 Å². The minimum atomic E-state index is -3.26. The number of sulfonamides is 1. The molecular formula is C17H37IN4O4S. The summed E-state index contributed by atoms with van der Waals surface area (Å²) < 4.78 is 37.1. The van der Waals surface area contributed by atoms with Gasteiger partial charge in [-0.15, -0.1) is 24.0 Å². The van der Waals surface area contributed by atoms with E-state index in [0.29, 0.717) is 39.3 Å². The van der Waals surface area contributed by atoms with Crippen molar-refractivity contribution in [3.8, 4) is 0 Å². The molecule has 0 aliphatic carbocycles. The molecule has 0 atom stereocenters. The average Bonchev–Trinajstić information content (AvgIpc) is 2.60. The van der Waals surface area contributed by atoms with E-state index in [9.17, 15) is 8.42 Å². The number of nitrogens with one attached hydrogen (secondary N) is 1. The number of halogens is 1. The average molecular weight is 520 g/mol. The Hall–Kier alpha value is -0.170. The predicted molar refractivity (Wildman–Crippen MR) is 121 cm³/mol. The fourth-order valence-electron chi connectivity index (χ4n) is 2.62. The molecule has 27 heavy (non-hydrogen) atoms. The van der Waals surface area contributed by atoms with E-state index >= 15 is 0 Å². The minimum absolute atomic E-state index is 0. The van der Waals surface area contributed by atoms with E-state index < -0.39 is 10.0 Å². The van der Waals surface area contributed by atoms with E-state index in [-0.39, 0.29) is 42.4 Å². The summed E-state index contributed by atoms with van der Waals surface area (Å²) in [7, 11) is -3.26. The van der Waals surface area contributed by atoms with Crippen LogP contribution in [0.15, 0.2) is 4.99 Å². The number of rotatable bonds is 11. The number of hydrogen-bond donors (Lipinski definition) is 1. The molecule has 1 N–H and O–H groups in total. The van der Waals surface area contributed by atoms with Crippen molar-refractivity contribution >= 4 is 40.0 Å². The highest BCUT2D eigenvalue weighted by atomic mass is 127. The third-order valence-corrected chi connectivity index (χ3v) is 5.81. The van der Waals surface area contributed by atoms with Crippen molar-refractivity contribution in [2.45, 2.75) is 40.2 Å². The molecule has 10 heteroatoms. The van der Waals surface area contributed by atoms with E-state index in [1.807, 2.05) is 27.7 Å². The Kier molecular flexibility index (Phi) is 14.7. The molecule has 0 amide bonds. The van der Waals surface area contributed by atoms with Crippen molar-refractivity contribution in [2.75, 3.05) is 64.8 Å². The summed E-state index contributed by atoms with van der Waals surface area (Å²) in [5, 5.41) is 3.29. The molecule has 0 spiro atoms. The molecular weight excluding hydrogens is 483 g/mol. The minimum Gasteiger partial charge on any atom is -0.382 e. The van der Waals surface area contributed by atoms with Crippen LogP contribution < -0.4 is 5.32 Å². The van der Waals surface area contributed by atoms with Crippen LogP contribution in [0.25, 0.3) is 0 Å². The van der Waals surface area contributed by atoms with E-state index in [2.05, 4.69) is 15.2 Å². The summed E-state index contributed by atoms with van der Waals surface area (Å²) in [5.74, 6) is 0.890. The monoisotopic (exact) mass is 520 g/mol. The van der Waals surface area contributed by atoms with Gasteiger partial charge in [-0.3, -0.25) is 4.99 Å². The molecule has 1 rings (SSSR count). The predicted octanol–water partition coefficient (Wildman–Crippen LogP) is 1.37. The van der Waals surface area contributed by atoms with Crippen molar-refractivity contribution in [3.63, 3.8) is 0 Å². The van der Waals surface area contributed by atoms with Crippen molar-refractivity contribution < 1.29 is 17.9 Å². The first-order chi connectivity index (χ1) is 12.4. The normalized spacial score (nSPS) is 16.5. The highest BCUT2D eigenvalue weighted by Gasteiger charge is 2.27. The summed E-state index contributed by atoms with van der Waals surface area (Å²) in [6, 6.07) is 0. The number of guanidine groups is 1. The van der Waals surface area contributed by atoms with Crippen LogP contribution >= 0.6 is 24.0 Å². The van der Waals surface area contributed by atoms with Gasteiger partial charge in [0, 0.05) is 52.5 Å². The molecule has 0 radical (unpaired) electrons.